The van der Waals surface area contributed by atoms with Crippen molar-refractivity contribution in [2.75, 3.05) is 0 Å². The first-order chi connectivity index (χ1) is 9.00. The second-order valence-corrected chi connectivity index (χ2v) is 5.22. The number of benzene rings is 1. The molecule has 2 N–H and O–H groups in total. The van der Waals surface area contributed by atoms with Crippen LogP contribution in [0.25, 0.3) is 0 Å². The fourth-order valence-electron chi connectivity index (χ4n) is 3.01. The van der Waals surface area contributed by atoms with E-state index < -0.39 is 17.5 Å². The lowest BCUT2D eigenvalue weighted by atomic mass is 9.79. The molecule has 1 aromatic rings. The molecule has 0 fully saturated rings. The number of halogens is 1. The van der Waals surface area contributed by atoms with Gasteiger partial charge >= 0.3 is 5.97 Å². The van der Waals surface area contributed by atoms with Gasteiger partial charge in [-0.15, -0.1) is 0 Å². The van der Waals surface area contributed by atoms with Crippen molar-refractivity contribution in [1.82, 2.24) is 0 Å². The molecule has 3 nitrogen and oxygen atoms in total. The summed E-state index contributed by atoms with van der Waals surface area (Å²) < 4.78 is 13.7. The highest BCUT2D eigenvalue weighted by Crippen LogP contribution is 2.44. The van der Waals surface area contributed by atoms with Gasteiger partial charge in [-0.25, -0.2) is 4.39 Å². The number of fused-ring (bicyclic) bond motifs is 1. The molecule has 1 aromatic carbocycles. The topological polar surface area (TPSA) is 57.5 Å². The van der Waals surface area contributed by atoms with Crippen molar-refractivity contribution in [3.8, 4) is 0 Å². The van der Waals surface area contributed by atoms with Crippen molar-refractivity contribution in [2.24, 2.45) is 5.92 Å². The van der Waals surface area contributed by atoms with Crippen LogP contribution in [-0.2, 0) is 16.8 Å². The fraction of sp³-hybridized carbons (Fsp3) is 0.533. The maximum atomic E-state index is 13.7. The minimum Gasteiger partial charge on any atom is -0.481 e. The van der Waals surface area contributed by atoms with Crippen molar-refractivity contribution in [1.29, 1.82) is 0 Å². The summed E-state index contributed by atoms with van der Waals surface area (Å²) in [6, 6.07) is 4.53. The predicted molar refractivity (Wildman–Crippen MR) is 69.3 cm³/mol. The van der Waals surface area contributed by atoms with Gasteiger partial charge in [0.25, 0.3) is 0 Å². The van der Waals surface area contributed by atoms with Gasteiger partial charge in [-0.3, -0.25) is 4.79 Å². The molecule has 104 valence electrons. The number of carbonyl (C=O) groups is 1. The van der Waals surface area contributed by atoms with Gasteiger partial charge in [-0.1, -0.05) is 31.9 Å². The van der Waals surface area contributed by atoms with Crippen LogP contribution >= 0.6 is 0 Å². The summed E-state index contributed by atoms with van der Waals surface area (Å²) in [6.07, 6.45) is 2.70. The van der Waals surface area contributed by atoms with Crippen molar-refractivity contribution in [3.05, 3.63) is 35.1 Å². The van der Waals surface area contributed by atoms with Gasteiger partial charge in [0, 0.05) is 0 Å². The Hall–Kier alpha value is -1.42. The smallest absolute Gasteiger partial charge is 0.309 e. The Morgan fingerprint density at radius 3 is 2.89 bits per heavy atom. The molecule has 2 rings (SSSR count). The standard InChI is InChI=1S/C15H19FO3/c1-2-3-5-12(14(17)18)15(19)9-8-10-11(15)6-4-7-13(10)16/h4,6-7,12,19H,2-3,5,8-9H2,1H3,(H,17,18). The monoisotopic (exact) mass is 266 g/mol. The zero-order valence-electron chi connectivity index (χ0n) is 11.0. The van der Waals surface area contributed by atoms with E-state index in [4.69, 9.17) is 0 Å². The van der Waals surface area contributed by atoms with Crippen molar-refractivity contribution in [3.63, 3.8) is 0 Å². The van der Waals surface area contributed by atoms with E-state index >= 15 is 0 Å². The van der Waals surface area contributed by atoms with E-state index in [2.05, 4.69) is 0 Å². The molecule has 0 saturated carbocycles. The molecule has 0 amide bonds. The van der Waals surface area contributed by atoms with Crippen LogP contribution in [0.2, 0.25) is 0 Å². The Labute approximate surface area is 112 Å². The number of aliphatic hydroxyl groups is 1. The van der Waals surface area contributed by atoms with Crippen LogP contribution < -0.4 is 0 Å². The van der Waals surface area contributed by atoms with Crippen molar-refractivity contribution >= 4 is 5.97 Å². The number of carboxylic acid groups (broad SMARTS) is 1. The first kappa shape index (κ1) is 14.0. The van der Waals surface area contributed by atoms with E-state index in [1.807, 2.05) is 6.92 Å². The lowest BCUT2D eigenvalue weighted by Crippen LogP contribution is -2.38. The van der Waals surface area contributed by atoms with Crippen LogP contribution in [-0.4, -0.2) is 16.2 Å². The van der Waals surface area contributed by atoms with E-state index in [0.717, 1.165) is 12.8 Å². The molecule has 1 aliphatic carbocycles. The third-order valence-electron chi connectivity index (χ3n) is 4.06. The van der Waals surface area contributed by atoms with Gasteiger partial charge in [0.2, 0.25) is 0 Å². The number of carboxylic acids is 1. The van der Waals surface area contributed by atoms with E-state index in [0.29, 0.717) is 24.0 Å². The second kappa shape index (κ2) is 5.29. The highest BCUT2D eigenvalue weighted by Gasteiger charge is 2.47. The predicted octanol–water partition coefficient (Wildman–Crippen LogP) is 2.85. The molecule has 0 aliphatic heterocycles. The Kier molecular flexibility index (Phi) is 3.90. The Balaban J connectivity index is 2.38. The van der Waals surface area contributed by atoms with E-state index in [1.54, 1.807) is 6.07 Å². The van der Waals surface area contributed by atoms with Gasteiger partial charge in [-0.05, 0) is 36.5 Å². The second-order valence-electron chi connectivity index (χ2n) is 5.22. The molecule has 0 spiro atoms. The van der Waals surface area contributed by atoms with Crippen LogP contribution in [0.1, 0.15) is 43.7 Å². The maximum Gasteiger partial charge on any atom is 0.309 e. The number of rotatable bonds is 5. The third-order valence-corrected chi connectivity index (χ3v) is 4.06. The first-order valence-electron chi connectivity index (χ1n) is 6.73. The van der Waals surface area contributed by atoms with Gasteiger partial charge in [-0.2, -0.15) is 0 Å². The molecule has 0 aromatic heterocycles. The van der Waals surface area contributed by atoms with Gasteiger partial charge < -0.3 is 10.2 Å². The summed E-state index contributed by atoms with van der Waals surface area (Å²) in [5.74, 6) is -2.23. The summed E-state index contributed by atoms with van der Waals surface area (Å²) in [4.78, 5) is 11.4. The minimum atomic E-state index is -1.43. The van der Waals surface area contributed by atoms with Gasteiger partial charge in [0.1, 0.15) is 11.4 Å². The minimum absolute atomic E-state index is 0.282. The summed E-state index contributed by atoms with van der Waals surface area (Å²) in [5.41, 5.74) is -0.512. The maximum absolute atomic E-state index is 13.7. The van der Waals surface area contributed by atoms with E-state index in [1.165, 1.54) is 12.1 Å². The summed E-state index contributed by atoms with van der Waals surface area (Å²) in [7, 11) is 0. The van der Waals surface area contributed by atoms with Crippen LogP contribution in [0.4, 0.5) is 4.39 Å². The number of aliphatic carboxylic acids is 1. The molecular weight excluding hydrogens is 247 g/mol. The van der Waals surface area contributed by atoms with Gasteiger partial charge in [0.05, 0.1) is 5.92 Å². The van der Waals surface area contributed by atoms with Crippen LogP contribution in [0, 0.1) is 11.7 Å². The highest BCUT2D eigenvalue weighted by molar-refractivity contribution is 5.72. The molecular formula is C15H19FO3. The summed E-state index contributed by atoms with van der Waals surface area (Å²) in [6.45, 7) is 1.98. The SMILES string of the molecule is CCCCC(C(=O)O)C1(O)CCc2c(F)cccc21. The van der Waals surface area contributed by atoms with Crippen LogP contribution in [0.3, 0.4) is 0 Å². The number of unbranched alkanes of at least 4 members (excludes halogenated alkanes) is 1. The molecule has 4 heteroatoms. The van der Waals surface area contributed by atoms with Crippen LogP contribution in [0.15, 0.2) is 18.2 Å². The quantitative estimate of drug-likeness (QED) is 0.861. The summed E-state index contributed by atoms with van der Waals surface area (Å²) >= 11 is 0. The number of hydrogen-bond acceptors (Lipinski definition) is 2. The van der Waals surface area contributed by atoms with Crippen LogP contribution in [0.5, 0.6) is 0 Å². The third kappa shape index (κ3) is 2.37. The normalized spacial score (nSPS) is 23.1. The first-order valence-corrected chi connectivity index (χ1v) is 6.73. The average Bonchev–Trinajstić information content (AvgIpc) is 2.70. The molecule has 0 saturated heterocycles. The molecule has 0 radical (unpaired) electrons. The van der Waals surface area contributed by atoms with E-state index in [-0.39, 0.29) is 12.2 Å². The Morgan fingerprint density at radius 2 is 2.26 bits per heavy atom. The zero-order chi connectivity index (χ0) is 14.0. The highest BCUT2D eigenvalue weighted by atomic mass is 19.1. The molecule has 1 aliphatic rings. The Morgan fingerprint density at radius 1 is 1.53 bits per heavy atom. The lowest BCUT2D eigenvalue weighted by Gasteiger charge is -2.31. The van der Waals surface area contributed by atoms with Crippen molar-refractivity contribution < 1.29 is 19.4 Å². The zero-order valence-corrected chi connectivity index (χ0v) is 11.0. The van der Waals surface area contributed by atoms with Crippen molar-refractivity contribution in [2.45, 2.75) is 44.6 Å². The number of hydrogen-bond donors (Lipinski definition) is 2. The largest absolute Gasteiger partial charge is 0.481 e. The molecule has 0 bridgehead atoms. The van der Waals surface area contributed by atoms with E-state index in [9.17, 15) is 19.4 Å². The van der Waals surface area contributed by atoms with Gasteiger partial charge in [0.15, 0.2) is 0 Å². The molecule has 0 heterocycles. The molecule has 19 heavy (non-hydrogen) atoms. The summed E-state index contributed by atoms with van der Waals surface area (Å²) in [5, 5.41) is 20.1. The lowest BCUT2D eigenvalue weighted by molar-refractivity contribution is -0.153. The fourth-order valence-corrected chi connectivity index (χ4v) is 3.01. The molecule has 2 atom stereocenters. The molecule has 2 unspecified atom stereocenters. The average molecular weight is 266 g/mol. The Bertz CT molecular complexity index is 486.